The van der Waals surface area contributed by atoms with Crippen LogP contribution in [0.1, 0.15) is 0 Å². The molecule has 0 saturated carbocycles. The van der Waals surface area contributed by atoms with Gasteiger partial charge in [0.05, 0.1) is 0 Å². The summed E-state index contributed by atoms with van der Waals surface area (Å²) in [5.74, 6) is 0. The lowest BCUT2D eigenvalue weighted by atomic mass is 9.97. The Morgan fingerprint density at radius 1 is 0.291 bits per heavy atom. The summed E-state index contributed by atoms with van der Waals surface area (Å²) in [4.78, 5) is 2.38. The number of nitrogens with zero attached hydrogens (tertiary/aromatic N) is 1. The lowest BCUT2D eigenvalue weighted by Crippen LogP contribution is -2.10. The van der Waals surface area contributed by atoms with E-state index in [1.54, 1.807) is 0 Å². The first-order chi connectivity index (χ1) is 27.2. The first-order valence-corrected chi connectivity index (χ1v) is 20.3. The zero-order valence-corrected chi connectivity index (χ0v) is 31.4. The predicted octanol–water partition coefficient (Wildman–Crippen LogP) is 16.0. The Balaban J connectivity index is 1.03. The molecule has 11 rings (SSSR count). The number of benzene rings is 9. The third-order valence-corrected chi connectivity index (χ3v) is 13.1. The van der Waals surface area contributed by atoms with Gasteiger partial charge in [0.2, 0.25) is 0 Å². The summed E-state index contributed by atoms with van der Waals surface area (Å²) in [6.45, 7) is 0. The minimum Gasteiger partial charge on any atom is -0.310 e. The van der Waals surface area contributed by atoms with Crippen LogP contribution in [0.2, 0.25) is 0 Å². The normalized spacial score (nSPS) is 11.6. The Morgan fingerprint density at radius 2 is 0.818 bits per heavy atom. The van der Waals surface area contributed by atoms with Crippen LogP contribution in [0.25, 0.3) is 84.5 Å². The molecule has 9 aromatic carbocycles. The van der Waals surface area contributed by atoms with Crippen LogP contribution in [0.15, 0.2) is 200 Å². The molecule has 0 N–H and O–H groups in total. The molecule has 3 heteroatoms. The van der Waals surface area contributed by atoms with Crippen LogP contribution in [-0.4, -0.2) is 0 Å². The number of anilines is 3. The minimum absolute atomic E-state index is 1.11. The third-order valence-electron chi connectivity index (χ3n) is 10.9. The molecule has 0 aliphatic heterocycles. The molecule has 0 saturated heterocycles. The summed E-state index contributed by atoms with van der Waals surface area (Å²) in [5.41, 5.74) is 10.6. The molecule has 0 fully saturated rings. The van der Waals surface area contributed by atoms with Crippen molar-refractivity contribution in [1.82, 2.24) is 0 Å². The molecule has 0 aliphatic rings. The highest BCUT2D eigenvalue weighted by atomic mass is 32.1. The Labute approximate surface area is 327 Å². The highest BCUT2D eigenvalue weighted by Gasteiger charge is 2.17. The fourth-order valence-electron chi connectivity index (χ4n) is 8.23. The summed E-state index contributed by atoms with van der Waals surface area (Å²) >= 11 is 3.74. The first-order valence-electron chi connectivity index (χ1n) is 18.7. The van der Waals surface area contributed by atoms with Gasteiger partial charge in [-0.25, -0.2) is 0 Å². The van der Waals surface area contributed by atoms with Gasteiger partial charge in [-0.1, -0.05) is 133 Å². The fraction of sp³-hybridized carbons (Fsp3) is 0. The second-order valence-corrected chi connectivity index (χ2v) is 16.3. The van der Waals surface area contributed by atoms with Gasteiger partial charge in [0.15, 0.2) is 0 Å². The van der Waals surface area contributed by atoms with Crippen LogP contribution >= 0.6 is 22.7 Å². The molecule has 258 valence electrons. The number of hydrogen-bond donors (Lipinski definition) is 0. The van der Waals surface area contributed by atoms with E-state index in [9.17, 15) is 0 Å². The Morgan fingerprint density at radius 3 is 1.55 bits per heavy atom. The summed E-state index contributed by atoms with van der Waals surface area (Å²) < 4.78 is 5.30. The topological polar surface area (TPSA) is 3.24 Å². The van der Waals surface area contributed by atoms with Crippen molar-refractivity contribution in [2.24, 2.45) is 0 Å². The van der Waals surface area contributed by atoms with Crippen molar-refractivity contribution in [3.05, 3.63) is 200 Å². The van der Waals surface area contributed by atoms with Gasteiger partial charge in [0.25, 0.3) is 0 Å². The van der Waals surface area contributed by atoms with Gasteiger partial charge < -0.3 is 4.90 Å². The van der Waals surface area contributed by atoms with E-state index < -0.39 is 0 Å². The van der Waals surface area contributed by atoms with Crippen molar-refractivity contribution in [1.29, 1.82) is 0 Å². The third kappa shape index (κ3) is 5.51. The van der Waals surface area contributed by atoms with E-state index in [1.807, 2.05) is 22.7 Å². The predicted molar refractivity (Wildman–Crippen MR) is 241 cm³/mol. The maximum atomic E-state index is 2.38. The smallest absolute Gasteiger partial charge is 0.0467 e. The van der Waals surface area contributed by atoms with E-state index in [4.69, 9.17) is 0 Å². The summed E-state index contributed by atoms with van der Waals surface area (Å²) in [5, 5.41) is 7.91. The summed E-state index contributed by atoms with van der Waals surface area (Å²) in [7, 11) is 0. The molecule has 0 bridgehead atoms. The largest absolute Gasteiger partial charge is 0.310 e. The molecular weight excluding hydrogens is 703 g/mol. The van der Waals surface area contributed by atoms with Crippen LogP contribution in [-0.2, 0) is 0 Å². The molecule has 0 atom stereocenters. The molecule has 1 nitrogen and oxygen atoms in total. The Hall–Kier alpha value is -6.52. The van der Waals surface area contributed by atoms with Crippen LogP contribution in [0, 0.1) is 0 Å². The maximum Gasteiger partial charge on any atom is 0.0467 e. The minimum atomic E-state index is 1.11. The second kappa shape index (κ2) is 13.1. The zero-order valence-electron chi connectivity index (χ0n) is 29.8. The van der Waals surface area contributed by atoms with E-state index in [2.05, 4.69) is 205 Å². The van der Waals surface area contributed by atoms with Crippen LogP contribution in [0.4, 0.5) is 17.1 Å². The van der Waals surface area contributed by atoms with Crippen LogP contribution in [0.5, 0.6) is 0 Å². The van der Waals surface area contributed by atoms with Crippen molar-refractivity contribution in [2.45, 2.75) is 0 Å². The maximum absolute atomic E-state index is 2.38. The van der Waals surface area contributed by atoms with Crippen LogP contribution < -0.4 is 4.90 Å². The Kier molecular flexibility index (Phi) is 7.61. The molecule has 11 aromatic rings. The monoisotopic (exact) mass is 735 g/mol. The van der Waals surface area contributed by atoms with E-state index in [1.165, 1.54) is 84.5 Å². The van der Waals surface area contributed by atoms with Gasteiger partial charge in [0, 0.05) is 57.4 Å². The molecule has 55 heavy (non-hydrogen) atoms. The summed E-state index contributed by atoms with van der Waals surface area (Å²) in [6.07, 6.45) is 0. The highest BCUT2D eigenvalue weighted by Crippen LogP contribution is 2.44. The Bertz CT molecular complexity index is 3190. The standard InChI is InChI=1S/C52H33NS2/c1-2-10-34(11-3-1)35-22-27-40(28-23-35)53(42-13-8-12-39(32-42)43-16-9-19-49-51(43)44-14-4-6-17-47(44)54-49)41-29-24-36(25-30-41)38-21-20-37-26-31-50-52(46(37)33-38)45-15-5-7-18-48(45)55-50/h1-33H. The van der Waals surface area contributed by atoms with Crippen molar-refractivity contribution in [2.75, 3.05) is 4.90 Å². The number of fused-ring (bicyclic) bond motifs is 8. The van der Waals surface area contributed by atoms with E-state index in [0.717, 1.165) is 17.1 Å². The SMILES string of the molecule is c1ccc(-c2ccc(N(c3ccc(-c4ccc5ccc6sc7ccccc7c6c5c4)cc3)c3cccc(-c4cccc5sc6ccccc6c45)c3)cc2)cc1. The second-order valence-electron chi connectivity index (χ2n) is 14.1. The molecule has 2 aromatic heterocycles. The van der Waals surface area contributed by atoms with Gasteiger partial charge in [0.1, 0.15) is 0 Å². The summed E-state index contributed by atoms with van der Waals surface area (Å²) in [6, 6.07) is 73.4. The van der Waals surface area contributed by atoms with Crippen molar-refractivity contribution >= 4 is 90.9 Å². The molecule has 0 radical (unpaired) electrons. The quantitative estimate of drug-likeness (QED) is 0.164. The van der Waals surface area contributed by atoms with E-state index in [-0.39, 0.29) is 0 Å². The van der Waals surface area contributed by atoms with Crippen molar-refractivity contribution in [3.63, 3.8) is 0 Å². The molecule has 2 heterocycles. The lowest BCUT2D eigenvalue weighted by molar-refractivity contribution is 1.28. The molecule has 0 unspecified atom stereocenters. The number of hydrogen-bond acceptors (Lipinski definition) is 3. The average Bonchev–Trinajstić information content (AvgIpc) is 3.84. The zero-order chi connectivity index (χ0) is 36.3. The fourth-order valence-corrected chi connectivity index (χ4v) is 10.5. The molecular formula is C52H33NS2. The van der Waals surface area contributed by atoms with Crippen LogP contribution in [0.3, 0.4) is 0 Å². The van der Waals surface area contributed by atoms with Gasteiger partial charge in [-0.05, 0) is 111 Å². The number of rotatable bonds is 6. The molecule has 0 spiro atoms. The van der Waals surface area contributed by atoms with Crippen molar-refractivity contribution in [3.8, 4) is 33.4 Å². The molecule has 0 amide bonds. The number of thiophene rings is 2. The van der Waals surface area contributed by atoms with Crippen molar-refractivity contribution < 1.29 is 0 Å². The lowest BCUT2D eigenvalue weighted by Gasteiger charge is -2.26. The highest BCUT2D eigenvalue weighted by molar-refractivity contribution is 7.26. The van der Waals surface area contributed by atoms with Gasteiger partial charge in [-0.3, -0.25) is 0 Å². The van der Waals surface area contributed by atoms with Gasteiger partial charge >= 0.3 is 0 Å². The van der Waals surface area contributed by atoms with E-state index >= 15 is 0 Å². The first kappa shape index (κ1) is 32.0. The molecule has 0 aliphatic carbocycles. The van der Waals surface area contributed by atoms with Gasteiger partial charge in [-0.2, -0.15) is 0 Å². The van der Waals surface area contributed by atoms with Gasteiger partial charge in [-0.15, -0.1) is 22.7 Å². The average molecular weight is 736 g/mol. The van der Waals surface area contributed by atoms with E-state index in [0.29, 0.717) is 0 Å².